The maximum atomic E-state index is 11.7. The largest absolute Gasteiger partial charge is 0.396 e. The molecule has 1 aromatic carbocycles. The molecule has 0 atom stereocenters. The van der Waals surface area contributed by atoms with Gasteiger partial charge in [0.15, 0.2) is 0 Å². The van der Waals surface area contributed by atoms with Crippen molar-refractivity contribution >= 4 is 5.91 Å². The Bertz CT molecular complexity index is 424. The van der Waals surface area contributed by atoms with Gasteiger partial charge in [-0.1, -0.05) is 29.8 Å². The number of aliphatic hydroxyl groups excluding tert-OH is 1. The van der Waals surface area contributed by atoms with Crippen LogP contribution >= 0.6 is 0 Å². The number of nitrogens with one attached hydrogen (secondary N) is 1. The Morgan fingerprint density at radius 2 is 2.22 bits per heavy atom. The Morgan fingerprint density at radius 3 is 2.83 bits per heavy atom. The number of hydrogen-bond acceptors (Lipinski definition) is 2. The maximum Gasteiger partial charge on any atom is 0.220 e. The fourth-order valence-electron chi connectivity index (χ4n) is 2.07. The summed E-state index contributed by atoms with van der Waals surface area (Å²) in [7, 11) is 0. The van der Waals surface area contributed by atoms with E-state index in [0.717, 1.165) is 19.3 Å². The number of benzene rings is 1. The lowest BCUT2D eigenvalue weighted by Gasteiger charge is -2.12. The van der Waals surface area contributed by atoms with E-state index in [4.69, 9.17) is 5.11 Å². The quantitative estimate of drug-likeness (QED) is 0.805. The summed E-state index contributed by atoms with van der Waals surface area (Å²) in [6.07, 6.45) is 3.36. The van der Waals surface area contributed by atoms with Crippen LogP contribution in [0.1, 0.15) is 30.4 Å². The minimum atomic E-state index is -0.000997. The third-order valence-electron chi connectivity index (χ3n) is 3.68. The van der Waals surface area contributed by atoms with Crippen molar-refractivity contribution in [3.8, 4) is 0 Å². The fraction of sp³-hybridized carbons (Fsp3) is 0.533. The SMILES string of the molecule is Cc1cccc(CCC(=O)NCC2(CO)CC2)c1. The summed E-state index contributed by atoms with van der Waals surface area (Å²) in [6.45, 7) is 2.86. The van der Waals surface area contributed by atoms with Gasteiger partial charge in [0, 0.05) is 18.4 Å². The number of carbonyl (C=O) groups is 1. The molecule has 0 bridgehead atoms. The van der Waals surface area contributed by atoms with E-state index < -0.39 is 0 Å². The van der Waals surface area contributed by atoms with Gasteiger partial charge in [0.2, 0.25) is 5.91 Å². The second-order valence-electron chi connectivity index (χ2n) is 5.42. The summed E-state index contributed by atoms with van der Waals surface area (Å²) in [5.74, 6) is 0.0798. The molecular weight excluding hydrogens is 226 g/mol. The molecule has 0 spiro atoms. The zero-order chi connectivity index (χ0) is 13.0. The van der Waals surface area contributed by atoms with E-state index in [0.29, 0.717) is 13.0 Å². The first-order valence-electron chi connectivity index (χ1n) is 6.57. The molecule has 0 aliphatic heterocycles. The standard InChI is InChI=1S/C15H21NO2/c1-12-3-2-4-13(9-12)5-6-14(18)16-10-15(11-17)7-8-15/h2-4,9,17H,5-8,10-11H2,1H3,(H,16,18). The lowest BCUT2D eigenvalue weighted by atomic mass is 10.1. The molecule has 0 radical (unpaired) electrons. The summed E-state index contributed by atoms with van der Waals surface area (Å²) >= 11 is 0. The molecule has 0 saturated heterocycles. The highest BCUT2D eigenvalue weighted by molar-refractivity contribution is 5.76. The highest BCUT2D eigenvalue weighted by atomic mass is 16.3. The highest BCUT2D eigenvalue weighted by Gasteiger charge is 2.41. The molecule has 1 amide bonds. The van der Waals surface area contributed by atoms with Gasteiger partial charge in [0.1, 0.15) is 0 Å². The van der Waals surface area contributed by atoms with Gasteiger partial charge in [-0.15, -0.1) is 0 Å². The number of aryl methyl sites for hydroxylation is 2. The van der Waals surface area contributed by atoms with Crippen molar-refractivity contribution < 1.29 is 9.90 Å². The van der Waals surface area contributed by atoms with Gasteiger partial charge in [0.05, 0.1) is 6.61 Å². The Balaban J connectivity index is 1.72. The molecule has 1 saturated carbocycles. The van der Waals surface area contributed by atoms with Crippen LogP contribution < -0.4 is 5.32 Å². The van der Waals surface area contributed by atoms with Crippen LogP contribution in [0.4, 0.5) is 0 Å². The Hall–Kier alpha value is -1.35. The van der Waals surface area contributed by atoms with Crippen LogP contribution in [0.5, 0.6) is 0 Å². The molecule has 18 heavy (non-hydrogen) atoms. The number of hydrogen-bond donors (Lipinski definition) is 2. The van der Waals surface area contributed by atoms with Crippen LogP contribution in [0.2, 0.25) is 0 Å². The molecule has 3 heteroatoms. The summed E-state index contributed by atoms with van der Waals surface area (Å²) < 4.78 is 0. The van der Waals surface area contributed by atoms with Crippen LogP contribution in [-0.2, 0) is 11.2 Å². The van der Waals surface area contributed by atoms with Crippen molar-refractivity contribution in [2.24, 2.45) is 5.41 Å². The van der Waals surface area contributed by atoms with Crippen LogP contribution in [-0.4, -0.2) is 24.2 Å². The van der Waals surface area contributed by atoms with E-state index >= 15 is 0 Å². The van der Waals surface area contributed by atoms with Crippen molar-refractivity contribution in [3.05, 3.63) is 35.4 Å². The second kappa shape index (κ2) is 5.53. The van der Waals surface area contributed by atoms with Crippen molar-refractivity contribution in [1.82, 2.24) is 5.32 Å². The molecule has 98 valence electrons. The zero-order valence-electron chi connectivity index (χ0n) is 10.9. The molecule has 0 unspecified atom stereocenters. The first kappa shape index (κ1) is 13.1. The molecule has 2 N–H and O–H groups in total. The Morgan fingerprint density at radius 1 is 1.44 bits per heavy atom. The summed E-state index contributed by atoms with van der Waals surface area (Å²) in [5, 5.41) is 12.1. The van der Waals surface area contributed by atoms with E-state index in [1.807, 2.05) is 6.07 Å². The average molecular weight is 247 g/mol. The Kier molecular flexibility index (Phi) is 4.02. The molecule has 2 rings (SSSR count). The van der Waals surface area contributed by atoms with Gasteiger partial charge in [-0.25, -0.2) is 0 Å². The fourth-order valence-corrected chi connectivity index (χ4v) is 2.07. The predicted molar refractivity (Wildman–Crippen MR) is 71.3 cm³/mol. The highest BCUT2D eigenvalue weighted by Crippen LogP contribution is 2.44. The molecule has 0 heterocycles. The Labute approximate surface area is 108 Å². The van der Waals surface area contributed by atoms with Crippen LogP contribution in [0.25, 0.3) is 0 Å². The third-order valence-corrected chi connectivity index (χ3v) is 3.68. The van der Waals surface area contributed by atoms with E-state index in [2.05, 4.69) is 30.4 Å². The van der Waals surface area contributed by atoms with Crippen molar-refractivity contribution in [3.63, 3.8) is 0 Å². The number of carbonyl (C=O) groups excluding carboxylic acids is 1. The third kappa shape index (κ3) is 3.57. The average Bonchev–Trinajstić information content (AvgIpc) is 3.15. The van der Waals surface area contributed by atoms with E-state index in [1.165, 1.54) is 11.1 Å². The molecule has 1 aliphatic rings. The van der Waals surface area contributed by atoms with Crippen molar-refractivity contribution in [2.75, 3.05) is 13.2 Å². The van der Waals surface area contributed by atoms with Crippen LogP contribution in [0.3, 0.4) is 0 Å². The summed E-state index contributed by atoms with van der Waals surface area (Å²) in [4.78, 5) is 11.7. The molecule has 3 nitrogen and oxygen atoms in total. The van der Waals surface area contributed by atoms with Gasteiger partial charge < -0.3 is 10.4 Å². The lowest BCUT2D eigenvalue weighted by Crippen LogP contribution is -2.31. The van der Waals surface area contributed by atoms with Gasteiger partial charge >= 0.3 is 0 Å². The minimum Gasteiger partial charge on any atom is -0.396 e. The van der Waals surface area contributed by atoms with Gasteiger partial charge in [-0.2, -0.15) is 0 Å². The molecule has 1 fully saturated rings. The minimum absolute atomic E-state index is 0.000997. The normalized spacial score (nSPS) is 16.3. The van der Waals surface area contributed by atoms with Crippen molar-refractivity contribution in [1.29, 1.82) is 0 Å². The number of rotatable bonds is 6. The lowest BCUT2D eigenvalue weighted by molar-refractivity contribution is -0.121. The predicted octanol–water partition coefficient (Wildman–Crippen LogP) is 1.82. The van der Waals surface area contributed by atoms with E-state index in [-0.39, 0.29) is 17.9 Å². The van der Waals surface area contributed by atoms with Crippen LogP contribution in [0, 0.1) is 12.3 Å². The molecular formula is C15H21NO2. The smallest absolute Gasteiger partial charge is 0.220 e. The first-order chi connectivity index (χ1) is 8.63. The summed E-state index contributed by atoms with van der Waals surface area (Å²) in [5.41, 5.74) is 2.43. The molecule has 0 aromatic heterocycles. The van der Waals surface area contributed by atoms with Gasteiger partial charge in [-0.05, 0) is 31.7 Å². The maximum absolute atomic E-state index is 11.7. The zero-order valence-corrected chi connectivity index (χ0v) is 10.9. The van der Waals surface area contributed by atoms with E-state index in [1.54, 1.807) is 0 Å². The first-order valence-corrected chi connectivity index (χ1v) is 6.57. The monoisotopic (exact) mass is 247 g/mol. The second-order valence-corrected chi connectivity index (χ2v) is 5.42. The molecule has 1 aliphatic carbocycles. The van der Waals surface area contributed by atoms with Crippen LogP contribution in [0.15, 0.2) is 24.3 Å². The van der Waals surface area contributed by atoms with Gasteiger partial charge in [0.25, 0.3) is 0 Å². The van der Waals surface area contributed by atoms with E-state index in [9.17, 15) is 4.79 Å². The van der Waals surface area contributed by atoms with Crippen molar-refractivity contribution in [2.45, 2.75) is 32.6 Å². The number of aliphatic hydroxyl groups is 1. The van der Waals surface area contributed by atoms with Gasteiger partial charge in [-0.3, -0.25) is 4.79 Å². The summed E-state index contributed by atoms with van der Waals surface area (Å²) in [6, 6.07) is 8.25. The topological polar surface area (TPSA) is 49.3 Å². The molecule has 1 aromatic rings. The number of amides is 1.